The maximum atomic E-state index is 6.22. The van der Waals surface area contributed by atoms with E-state index >= 15 is 0 Å². The van der Waals surface area contributed by atoms with Crippen molar-refractivity contribution in [3.8, 4) is 0 Å². The summed E-state index contributed by atoms with van der Waals surface area (Å²) >= 11 is 0. The van der Waals surface area contributed by atoms with Gasteiger partial charge in [-0.3, -0.25) is 4.90 Å². The molecule has 1 aliphatic heterocycles. The molecule has 1 fully saturated rings. The second-order valence-corrected chi connectivity index (χ2v) is 5.22. The number of nitrogens with two attached hydrogens (primary N) is 1. The first kappa shape index (κ1) is 11.6. The first-order chi connectivity index (χ1) is 7.59. The van der Waals surface area contributed by atoms with Gasteiger partial charge in [0.25, 0.3) is 0 Å². The molecule has 0 bridgehead atoms. The Balaban J connectivity index is 2.19. The maximum absolute atomic E-state index is 6.22. The van der Waals surface area contributed by atoms with Crippen LogP contribution in [0.2, 0.25) is 0 Å². The van der Waals surface area contributed by atoms with Crippen LogP contribution in [-0.4, -0.2) is 33.6 Å². The van der Waals surface area contributed by atoms with Gasteiger partial charge in [-0.05, 0) is 12.3 Å². The third-order valence-corrected chi connectivity index (χ3v) is 3.31. The van der Waals surface area contributed by atoms with Crippen LogP contribution < -0.4 is 5.73 Å². The van der Waals surface area contributed by atoms with Gasteiger partial charge in [0.05, 0.1) is 18.1 Å². The summed E-state index contributed by atoms with van der Waals surface area (Å²) in [6.07, 6.45) is 4.89. The smallest absolute Gasteiger partial charge is 0.0946 e. The fourth-order valence-electron chi connectivity index (χ4n) is 2.62. The van der Waals surface area contributed by atoms with Crippen molar-refractivity contribution in [2.24, 2.45) is 18.7 Å². The Hall–Kier alpha value is -0.870. The number of aryl methyl sites for hydroxylation is 1. The van der Waals surface area contributed by atoms with Crippen LogP contribution >= 0.6 is 0 Å². The topological polar surface area (TPSA) is 47.1 Å². The number of nitrogens with zero attached hydrogens (tertiary/aromatic N) is 3. The van der Waals surface area contributed by atoms with Crippen molar-refractivity contribution >= 4 is 0 Å². The SMILES string of the molecule is CC(C)CN1CCC(N)C1c1cncn1C. The van der Waals surface area contributed by atoms with Gasteiger partial charge in [0, 0.05) is 32.4 Å². The Morgan fingerprint density at radius 3 is 2.88 bits per heavy atom. The quantitative estimate of drug-likeness (QED) is 0.834. The van der Waals surface area contributed by atoms with Crippen LogP contribution in [0, 0.1) is 5.92 Å². The molecule has 2 rings (SSSR count). The lowest BCUT2D eigenvalue weighted by Crippen LogP contribution is -2.35. The summed E-state index contributed by atoms with van der Waals surface area (Å²) in [5, 5.41) is 0. The molecule has 2 heterocycles. The van der Waals surface area contributed by atoms with Crippen LogP contribution in [0.1, 0.15) is 32.0 Å². The van der Waals surface area contributed by atoms with E-state index in [1.165, 1.54) is 5.69 Å². The average Bonchev–Trinajstić information content (AvgIpc) is 2.73. The summed E-state index contributed by atoms with van der Waals surface area (Å²) < 4.78 is 2.09. The van der Waals surface area contributed by atoms with Crippen LogP contribution in [0.4, 0.5) is 0 Å². The molecule has 0 saturated carbocycles. The Labute approximate surface area is 97.4 Å². The molecule has 0 aliphatic carbocycles. The average molecular weight is 222 g/mol. The van der Waals surface area contributed by atoms with Crippen molar-refractivity contribution in [1.82, 2.24) is 14.5 Å². The molecule has 4 nitrogen and oxygen atoms in total. The van der Waals surface area contributed by atoms with Crippen LogP contribution in [0.15, 0.2) is 12.5 Å². The second-order valence-electron chi connectivity index (χ2n) is 5.22. The highest BCUT2D eigenvalue weighted by Gasteiger charge is 2.34. The highest BCUT2D eigenvalue weighted by atomic mass is 15.2. The van der Waals surface area contributed by atoms with Gasteiger partial charge in [0.15, 0.2) is 0 Å². The van der Waals surface area contributed by atoms with Crippen LogP contribution in [0.3, 0.4) is 0 Å². The normalized spacial score (nSPS) is 26.8. The molecule has 0 radical (unpaired) electrons. The zero-order valence-corrected chi connectivity index (χ0v) is 10.4. The molecule has 1 aromatic heterocycles. The molecule has 16 heavy (non-hydrogen) atoms. The fraction of sp³-hybridized carbons (Fsp3) is 0.750. The summed E-state index contributed by atoms with van der Waals surface area (Å²) in [5.41, 5.74) is 7.46. The van der Waals surface area contributed by atoms with E-state index in [4.69, 9.17) is 5.73 Å². The minimum Gasteiger partial charge on any atom is -0.336 e. The molecular weight excluding hydrogens is 200 g/mol. The summed E-state index contributed by atoms with van der Waals surface area (Å²) in [4.78, 5) is 6.69. The van der Waals surface area contributed by atoms with Crippen molar-refractivity contribution in [3.05, 3.63) is 18.2 Å². The minimum absolute atomic E-state index is 0.245. The van der Waals surface area contributed by atoms with E-state index in [-0.39, 0.29) is 6.04 Å². The van der Waals surface area contributed by atoms with Crippen molar-refractivity contribution in [2.75, 3.05) is 13.1 Å². The third-order valence-electron chi connectivity index (χ3n) is 3.31. The Bertz CT molecular complexity index is 345. The summed E-state index contributed by atoms with van der Waals surface area (Å²) in [5.74, 6) is 0.682. The Morgan fingerprint density at radius 1 is 1.56 bits per heavy atom. The van der Waals surface area contributed by atoms with Crippen LogP contribution in [0.5, 0.6) is 0 Å². The lowest BCUT2D eigenvalue weighted by molar-refractivity contribution is 0.214. The molecule has 1 aromatic rings. The van der Waals surface area contributed by atoms with Gasteiger partial charge < -0.3 is 10.3 Å². The largest absolute Gasteiger partial charge is 0.336 e. The van der Waals surface area contributed by atoms with Gasteiger partial charge in [0.1, 0.15) is 0 Å². The summed E-state index contributed by atoms with van der Waals surface area (Å²) in [7, 11) is 2.04. The molecule has 4 heteroatoms. The standard InChI is InChI=1S/C12H22N4/c1-9(2)7-16-5-4-10(13)12(16)11-6-14-8-15(11)3/h6,8-10,12H,4-5,7,13H2,1-3H3. The third kappa shape index (κ3) is 2.13. The van der Waals surface area contributed by atoms with Gasteiger partial charge in [-0.1, -0.05) is 13.8 Å². The Morgan fingerprint density at radius 2 is 2.31 bits per heavy atom. The molecule has 2 atom stereocenters. The predicted molar refractivity (Wildman–Crippen MR) is 65.0 cm³/mol. The lowest BCUT2D eigenvalue weighted by atomic mass is 10.1. The monoisotopic (exact) mass is 222 g/mol. The molecule has 0 amide bonds. The van der Waals surface area contributed by atoms with Gasteiger partial charge in [-0.15, -0.1) is 0 Å². The molecule has 90 valence electrons. The molecule has 0 aromatic carbocycles. The highest BCUT2D eigenvalue weighted by Crippen LogP contribution is 2.31. The number of hydrogen-bond acceptors (Lipinski definition) is 3. The van der Waals surface area contributed by atoms with Crippen molar-refractivity contribution in [2.45, 2.75) is 32.4 Å². The van der Waals surface area contributed by atoms with E-state index in [0.717, 1.165) is 19.5 Å². The molecular formula is C12H22N4. The van der Waals surface area contributed by atoms with E-state index in [2.05, 4.69) is 28.3 Å². The van der Waals surface area contributed by atoms with Gasteiger partial charge >= 0.3 is 0 Å². The summed E-state index contributed by atoms with van der Waals surface area (Å²) in [6.45, 7) is 6.73. The Kier molecular flexibility index (Phi) is 3.30. The number of imidazole rings is 1. The van der Waals surface area contributed by atoms with E-state index in [0.29, 0.717) is 12.0 Å². The van der Waals surface area contributed by atoms with E-state index in [9.17, 15) is 0 Å². The number of aromatic nitrogens is 2. The minimum atomic E-state index is 0.245. The molecule has 1 aliphatic rings. The summed E-state index contributed by atoms with van der Waals surface area (Å²) in [6, 6.07) is 0.587. The zero-order valence-electron chi connectivity index (χ0n) is 10.4. The number of likely N-dealkylation sites (tertiary alicyclic amines) is 1. The van der Waals surface area contributed by atoms with Crippen molar-refractivity contribution < 1.29 is 0 Å². The highest BCUT2D eigenvalue weighted by molar-refractivity contribution is 5.11. The molecule has 2 N–H and O–H groups in total. The molecule has 1 saturated heterocycles. The van der Waals surface area contributed by atoms with E-state index in [1.807, 2.05) is 19.6 Å². The molecule has 0 spiro atoms. The van der Waals surface area contributed by atoms with E-state index < -0.39 is 0 Å². The first-order valence-electron chi connectivity index (χ1n) is 6.05. The van der Waals surface area contributed by atoms with Gasteiger partial charge in [-0.2, -0.15) is 0 Å². The first-order valence-corrected chi connectivity index (χ1v) is 6.05. The number of rotatable bonds is 3. The number of hydrogen-bond donors (Lipinski definition) is 1. The predicted octanol–water partition coefficient (Wildman–Crippen LogP) is 1.15. The van der Waals surface area contributed by atoms with E-state index in [1.54, 1.807) is 0 Å². The lowest BCUT2D eigenvalue weighted by Gasteiger charge is -2.28. The van der Waals surface area contributed by atoms with Crippen molar-refractivity contribution in [3.63, 3.8) is 0 Å². The van der Waals surface area contributed by atoms with Crippen LogP contribution in [0.25, 0.3) is 0 Å². The fourth-order valence-corrected chi connectivity index (χ4v) is 2.62. The maximum Gasteiger partial charge on any atom is 0.0946 e. The van der Waals surface area contributed by atoms with Crippen LogP contribution in [-0.2, 0) is 7.05 Å². The van der Waals surface area contributed by atoms with Gasteiger partial charge in [0.2, 0.25) is 0 Å². The zero-order chi connectivity index (χ0) is 11.7. The second kappa shape index (κ2) is 4.55. The van der Waals surface area contributed by atoms with Crippen molar-refractivity contribution in [1.29, 1.82) is 0 Å². The van der Waals surface area contributed by atoms with Gasteiger partial charge in [-0.25, -0.2) is 4.98 Å². The molecule has 2 unspecified atom stereocenters.